The number of rotatable bonds is 2. The number of nitrogens with zero attached hydrogens (tertiary/aromatic N) is 1. The van der Waals surface area contributed by atoms with E-state index >= 15 is 0 Å². The Bertz CT molecular complexity index is 353. The molecule has 1 N–H and O–H groups in total. The van der Waals surface area contributed by atoms with Crippen molar-refractivity contribution in [3.05, 3.63) is 0 Å². The van der Waals surface area contributed by atoms with Gasteiger partial charge in [0, 0.05) is 12.6 Å². The zero-order valence-corrected chi connectivity index (χ0v) is 11.8. The summed E-state index contributed by atoms with van der Waals surface area (Å²) >= 11 is 0. The molecule has 3 aliphatic rings. The molecule has 0 aromatic carbocycles. The average Bonchev–Trinajstić information content (AvgIpc) is 2.36. The van der Waals surface area contributed by atoms with Gasteiger partial charge in [0.05, 0.1) is 5.60 Å². The van der Waals surface area contributed by atoms with E-state index in [1.54, 1.807) is 0 Å². The van der Waals surface area contributed by atoms with E-state index in [4.69, 9.17) is 4.74 Å². The lowest BCUT2D eigenvalue weighted by Gasteiger charge is -2.52. The van der Waals surface area contributed by atoms with Crippen molar-refractivity contribution in [1.82, 2.24) is 4.90 Å². The second-order valence-corrected chi connectivity index (χ2v) is 6.67. The van der Waals surface area contributed by atoms with Crippen LogP contribution >= 0.6 is 0 Å². The standard InChI is InChI=1S/C15H25NO3/c1-11-4-2-8-16(13(11)14(17)18)12-5-9-19-15(10-12)6-3-7-15/h11-13H,2-10H2,1H3,(H,17,18). The Morgan fingerprint density at radius 1 is 1.32 bits per heavy atom. The summed E-state index contributed by atoms with van der Waals surface area (Å²) < 4.78 is 5.97. The maximum absolute atomic E-state index is 11.6. The highest BCUT2D eigenvalue weighted by atomic mass is 16.5. The normalized spacial score (nSPS) is 38.9. The summed E-state index contributed by atoms with van der Waals surface area (Å²) in [7, 11) is 0. The van der Waals surface area contributed by atoms with Crippen molar-refractivity contribution < 1.29 is 14.6 Å². The molecule has 0 radical (unpaired) electrons. The molecule has 0 amide bonds. The first-order chi connectivity index (χ1) is 9.11. The highest BCUT2D eigenvalue weighted by molar-refractivity contribution is 5.74. The highest BCUT2D eigenvalue weighted by Gasteiger charge is 2.46. The van der Waals surface area contributed by atoms with Crippen LogP contribution in [0.1, 0.15) is 51.9 Å². The third kappa shape index (κ3) is 2.40. The largest absolute Gasteiger partial charge is 0.480 e. The molecule has 2 aliphatic heterocycles. The molecule has 3 unspecified atom stereocenters. The van der Waals surface area contributed by atoms with Crippen molar-refractivity contribution in [2.45, 2.75) is 69.6 Å². The van der Waals surface area contributed by atoms with Gasteiger partial charge in [0.2, 0.25) is 0 Å². The lowest BCUT2D eigenvalue weighted by Crippen LogP contribution is -2.58. The Kier molecular flexibility index (Phi) is 3.56. The summed E-state index contributed by atoms with van der Waals surface area (Å²) in [6.45, 7) is 3.84. The van der Waals surface area contributed by atoms with E-state index in [9.17, 15) is 9.90 Å². The van der Waals surface area contributed by atoms with Crippen LogP contribution in [0.4, 0.5) is 0 Å². The van der Waals surface area contributed by atoms with Gasteiger partial charge in [-0.15, -0.1) is 0 Å². The minimum absolute atomic E-state index is 0.104. The van der Waals surface area contributed by atoms with Gasteiger partial charge >= 0.3 is 5.97 Å². The van der Waals surface area contributed by atoms with E-state index in [2.05, 4.69) is 11.8 Å². The van der Waals surface area contributed by atoms with E-state index in [1.807, 2.05) is 0 Å². The molecule has 2 saturated heterocycles. The predicted octanol–water partition coefficient (Wildman–Crippen LogP) is 2.27. The zero-order chi connectivity index (χ0) is 13.5. The third-order valence-electron chi connectivity index (χ3n) is 5.43. The minimum atomic E-state index is -0.638. The van der Waals surface area contributed by atoms with Crippen LogP contribution in [0.3, 0.4) is 0 Å². The maximum atomic E-state index is 11.6. The van der Waals surface area contributed by atoms with Crippen LogP contribution in [0.15, 0.2) is 0 Å². The Labute approximate surface area is 115 Å². The van der Waals surface area contributed by atoms with Crippen LogP contribution in [0, 0.1) is 5.92 Å². The molecule has 0 bridgehead atoms. The number of aliphatic carboxylic acids is 1. The number of hydrogen-bond donors (Lipinski definition) is 1. The summed E-state index contributed by atoms with van der Waals surface area (Å²) in [5.41, 5.74) is 0.104. The van der Waals surface area contributed by atoms with Crippen LogP contribution in [0.2, 0.25) is 0 Å². The van der Waals surface area contributed by atoms with Gasteiger partial charge in [0.25, 0.3) is 0 Å². The van der Waals surface area contributed by atoms with Gasteiger partial charge in [-0.2, -0.15) is 0 Å². The summed E-state index contributed by atoms with van der Waals surface area (Å²) in [5, 5.41) is 9.54. The van der Waals surface area contributed by atoms with Crippen LogP contribution in [0.25, 0.3) is 0 Å². The predicted molar refractivity (Wildman–Crippen MR) is 72.1 cm³/mol. The molecule has 1 saturated carbocycles. The maximum Gasteiger partial charge on any atom is 0.321 e. The first kappa shape index (κ1) is 13.4. The van der Waals surface area contributed by atoms with Gasteiger partial charge in [0.15, 0.2) is 0 Å². The SMILES string of the molecule is CC1CCCN(C2CCOC3(CCC3)C2)C1C(=O)O. The van der Waals surface area contributed by atoms with Crippen LogP contribution in [-0.4, -0.2) is 46.8 Å². The van der Waals surface area contributed by atoms with Gasteiger partial charge < -0.3 is 9.84 Å². The molecular formula is C15H25NO3. The smallest absolute Gasteiger partial charge is 0.321 e. The number of likely N-dealkylation sites (tertiary alicyclic amines) is 1. The number of hydrogen-bond acceptors (Lipinski definition) is 3. The molecule has 4 nitrogen and oxygen atoms in total. The molecule has 3 fully saturated rings. The van der Waals surface area contributed by atoms with Crippen molar-refractivity contribution in [1.29, 1.82) is 0 Å². The number of piperidine rings is 1. The van der Waals surface area contributed by atoms with E-state index in [-0.39, 0.29) is 17.6 Å². The first-order valence-corrected chi connectivity index (χ1v) is 7.74. The van der Waals surface area contributed by atoms with Crippen molar-refractivity contribution in [2.24, 2.45) is 5.92 Å². The van der Waals surface area contributed by atoms with E-state index in [1.165, 1.54) is 19.3 Å². The molecule has 1 spiro atoms. The van der Waals surface area contributed by atoms with Crippen molar-refractivity contribution in [2.75, 3.05) is 13.2 Å². The monoisotopic (exact) mass is 267 g/mol. The molecule has 19 heavy (non-hydrogen) atoms. The van der Waals surface area contributed by atoms with E-state index in [0.717, 1.165) is 38.8 Å². The molecule has 0 aromatic heterocycles. The van der Waals surface area contributed by atoms with Gasteiger partial charge in [-0.25, -0.2) is 0 Å². The molecule has 0 aromatic rings. The zero-order valence-electron chi connectivity index (χ0n) is 11.8. The molecule has 108 valence electrons. The summed E-state index contributed by atoms with van der Waals surface area (Å²) in [5.74, 6) is -0.368. The van der Waals surface area contributed by atoms with Crippen LogP contribution in [-0.2, 0) is 9.53 Å². The van der Waals surface area contributed by atoms with Crippen molar-refractivity contribution in [3.8, 4) is 0 Å². The first-order valence-electron chi connectivity index (χ1n) is 7.74. The number of carbonyl (C=O) groups is 1. The summed E-state index contributed by atoms with van der Waals surface area (Å²) in [6.07, 6.45) is 7.83. The van der Waals surface area contributed by atoms with Gasteiger partial charge in [-0.05, 0) is 57.4 Å². The summed E-state index contributed by atoms with van der Waals surface area (Å²) in [6, 6.07) is 0.131. The van der Waals surface area contributed by atoms with E-state index in [0.29, 0.717) is 6.04 Å². The van der Waals surface area contributed by atoms with Crippen molar-refractivity contribution >= 4 is 5.97 Å². The topological polar surface area (TPSA) is 49.8 Å². The second-order valence-electron chi connectivity index (χ2n) is 6.67. The Morgan fingerprint density at radius 2 is 2.11 bits per heavy atom. The molecule has 1 aliphatic carbocycles. The fourth-order valence-electron chi connectivity index (χ4n) is 4.22. The molecule has 3 rings (SSSR count). The lowest BCUT2D eigenvalue weighted by molar-refractivity contribution is -0.167. The van der Waals surface area contributed by atoms with Gasteiger partial charge in [-0.1, -0.05) is 6.92 Å². The quantitative estimate of drug-likeness (QED) is 0.834. The Morgan fingerprint density at radius 3 is 2.74 bits per heavy atom. The Balaban J connectivity index is 1.73. The minimum Gasteiger partial charge on any atom is -0.480 e. The fourth-order valence-corrected chi connectivity index (χ4v) is 4.22. The van der Waals surface area contributed by atoms with Crippen LogP contribution < -0.4 is 0 Å². The molecular weight excluding hydrogens is 242 g/mol. The number of carboxylic acids is 1. The average molecular weight is 267 g/mol. The lowest BCUT2D eigenvalue weighted by atomic mass is 9.73. The molecule has 3 atom stereocenters. The highest BCUT2D eigenvalue weighted by Crippen LogP contribution is 2.44. The second kappa shape index (κ2) is 5.06. The van der Waals surface area contributed by atoms with Crippen molar-refractivity contribution in [3.63, 3.8) is 0 Å². The summed E-state index contributed by atoms with van der Waals surface area (Å²) in [4.78, 5) is 13.9. The molecule has 2 heterocycles. The van der Waals surface area contributed by atoms with E-state index < -0.39 is 5.97 Å². The van der Waals surface area contributed by atoms with Gasteiger partial charge in [-0.3, -0.25) is 9.69 Å². The Hall–Kier alpha value is -0.610. The van der Waals surface area contributed by atoms with Gasteiger partial charge in [0.1, 0.15) is 6.04 Å². The number of ether oxygens (including phenoxy) is 1. The molecule has 4 heteroatoms. The van der Waals surface area contributed by atoms with Crippen LogP contribution in [0.5, 0.6) is 0 Å². The number of carboxylic acid groups (broad SMARTS) is 1. The third-order valence-corrected chi connectivity index (χ3v) is 5.43. The fraction of sp³-hybridized carbons (Fsp3) is 0.933.